The molecule has 0 saturated heterocycles. The number of rotatable bonds is 5. The number of nitrogens with zero attached hydrogens (tertiary/aromatic N) is 2. The van der Waals surface area contributed by atoms with Crippen LogP contribution >= 0.6 is 0 Å². The van der Waals surface area contributed by atoms with Crippen LogP contribution in [0.1, 0.15) is 50.1 Å². The second kappa shape index (κ2) is 6.70. The Morgan fingerprint density at radius 3 is 2.19 bits per heavy atom. The van der Waals surface area contributed by atoms with Crippen LogP contribution in [0, 0.1) is 13.8 Å². The summed E-state index contributed by atoms with van der Waals surface area (Å²) in [6.07, 6.45) is 1.07. The quantitative estimate of drug-likeness (QED) is 0.863. The Labute approximate surface area is 127 Å². The summed E-state index contributed by atoms with van der Waals surface area (Å²) < 4.78 is 0. The van der Waals surface area contributed by atoms with E-state index in [1.54, 1.807) is 0 Å². The molecule has 0 aliphatic carbocycles. The summed E-state index contributed by atoms with van der Waals surface area (Å²) in [6.45, 7) is 11.5. The number of aryl methyl sites for hydroxylation is 2. The van der Waals surface area contributed by atoms with Gasteiger partial charge >= 0.3 is 0 Å². The number of anilines is 1. The summed E-state index contributed by atoms with van der Waals surface area (Å²) >= 11 is 0. The van der Waals surface area contributed by atoms with Crippen LogP contribution in [0.4, 0.5) is 5.82 Å². The normalized spacial score (nSPS) is 11.0. The zero-order valence-electron chi connectivity index (χ0n) is 13.7. The van der Waals surface area contributed by atoms with E-state index in [-0.39, 0.29) is 0 Å². The fourth-order valence-electron chi connectivity index (χ4n) is 2.20. The van der Waals surface area contributed by atoms with E-state index in [9.17, 15) is 0 Å². The van der Waals surface area contributed by atoms with Gasteiger partial charge in [-0.25, -0.2) is 9.97 Å². The van der Waals surface area contributed by atoms with Gasteiger partial charge in [0.15, 0.2) is 5.82 Å². The first-order chi connectivity index (χ1) is 10.0. The Morgan fingerprint density at radius 1 is 1.00 bits per heavy atom. The zero-order valence-corrected chi connectivity index (χ0v) is 13.7. The average molecular weight is 283 g/mol. The minimum absolute atomic E-state index is 0.544. The number of aromatic nitrogens is 2. The first-order valence-electron chi connectivity index (χ1n) is 7.72. The van der Waals surface area contributed by atoms with E-state index in [4.69, 9.17) is 4.98 Å². The summed E-state index contributed by atoms with van der Waals surface area (Å²) in [5, 5.41) is 3.39. The van der Waals surface area contributed by atoms with Crippen LogP contribution in [0.2, 0.25) is 0 Å². The van der Waals surface area contributed by atoms with Crippen molar-refractivity contribution in [1.82, 2.24) is 9.97 Å². The Morgan fingerprint density at radius 2 is 1.62 bits per heavy atom. The molecule has 21 heavy (non-hydrogen) atoms. The minimum atomic E-state index is 0.544. The highest BCUT2D eigenvalue weighted by Crippen LogP contribution is 2.27. The molecule has 2 rings (SSSR count). The fraction of sp³-hybridized carbons (Fsp3) is 0.444. The molecule has 112 valence electrons. The second-order valence-corrected chi connectivity index (χ2v) is 5.80. The molecule has 0 aliphatic heterocycles. The van der Waals surface area contributed by atoms with Gasteiger partial charge in [-0.2, -0.15) is 0 Å². The zero-order chi connectivity index (χ0) is 15.4. The van der Waals surface area contributed by atoms with Gasteiger partial charge in [0.05, 0.1) is 11.4 Å². The molecular weight excluding hydrogens is 258 g/mol. The molecule has 0 atom stereocenters. The summed E-state index contributed by atoms with van der Waals surface area (Å²) in [7, 11) is 0. The molecule has 1 heterocycles. The first kappa shape index (κ1) is 15.5. The van der Waals surface area contributed by atoms with Gasteiger partial charge in [-0.1, -0.05) is 45.0 Å². The van der Waals surface area contributed by atoms with Gasteiger partial charge < -0.3 is 5.32 Å². The number of hydrogen-bond donors (Lipinski definition) is 1. The van der Waals surface area contributed by atoms with Gasteiger partial charge in [-0.3, -0.25) is 0 Å². The van der Waals surface area contributed by atoms with E-state index in [0.29, 0.717) is 5.92 Å². The third-order valence-electron chi connectivity index (χ3n) is 3.70. The maximum Gasteiger partial charge on any atom is 0.152 e. The maximum atomic E-state index is 4.75. The van der Waals surface area contributed by atoms with Crippen molar-refractivity contribution in [1.29, 1.82) is 0 Å². The molecule has 0 unspecified atom stereocenters. The Hall–Kier alpha value is -1.90. The molecule has 3 nitrogen and oxygen atoms in total. The van der Waals surface area contributed by atoms with Gasteiger partial charge in [0.2, 0.25) is 0 Å². The smallest absolute Gasteiger partial charge is 0.152 e. The van der Waals surface area contributed by atoms with Crippen molar-refractivity contribution >= 4 is 5.82 Å². The van der Waals surface area contributed by atoms with Crippen molar-refractivity contribution in [2.75, 3.05) is 11.9 Å². The SMILES string of the molecule is CCCNc1nc(C)c(C)nc1-c1ccc(C(C)C)cc1. The molecule has 2 aromatic rings. The van der Waals surface area contributed by atoms with E-state index in [2.05, 4.69) is 55.3 Å². The summed E-state index contributed by atoms with van der Waals surface area (Å²) in [6, 6.07) is 8.65. The van der Waals surface area contributed by atoms with Crippen LogP contribution < -0.4 is 5.32 Å². The summed E-state index contributed by atoms with van der Waals surface area (Å²) in [5.41, 5.74) is 5.38. The summed E-state index contributed by atoms with van der Waals surface area (Å²) in [4.78, 5) is 9.42. The van der Waals surface area contributed by atoms with Crippen molar-refractivity contribution in [2.24, 2.45) is 0 Å². The molecule has 1 N–H and O–H groups in total. The highest BCUT2D eigenvalue weighted by Gasteiger charge is 2.11. The van der Waals surface area contributed by atoms with Gasteiger partial charge in [0.1, 0.15) is 5.69 Å². The average Bonchev–Trinajstić information content (AvgIpc) is 2.48. The van der Waals surface area contributed by atoms with Crippen LogP contribution in [0.15, 0.2) is 24.3 Å². The van der Waals surface area contributed by atoms with Crippen LogP contribution in [0.5, 0.6) is 0 Å². The van der Waals surface area contributed by atoms with Gasteiger partial charge in [-0.15, -0.1) is 0 Å². The monoisotopic (exact) mass is 283 g/mol. The third-order valence-corrected chi connectivity index (χ3v) is 3.70. The Balaban J connectivity index is 2.43. The molecule has 0 saturated carbocycles. The molecule has 0 bridgehead atoms. The van der Waals surface area contributed by atoms with E-state index < -0.39 is 0 Å². The lowest BCUT2D eigenvalue weighted by molar-refractivity contribution is 0.867. The van der Waals surface area contributed by atoms with Gasteiger partial charge in [0, 0.05) is 12.1 Å². The molecule has 1 aromatic heterocycles. The minimum Gasteiger partial charge on any atom is -0.368 e. The molecule has 1 aromatic carbocycles. The van der Waals surface area contributed by atoms with Crippen molar-refractivity contribution in [3.8, 4) is 11.3 Å². The molecule has 0 aliphatic rings. The van der Waals surface area contributed by atoms with Crippen molar-refractivity contribution in [3.05, 3.63) is 41.2 Å². The van der Waals surface area contributed by atoms with E-state index in [1.165, 1.54) is 5.56 Å². The topological polar surface area (TPSA) is 37.8 Å². The largest absolute Gasteiger partial charge is 0.368 e. The molecular formula is C18H25N3. The van der Waals surface area contributed by atoms with Gasteiger partial charge in [0.25, 0.3) is 0 Å². The third kappa shape index (κ3) is 3.60. The molecule has 0 spiro atoms. The van der Waals surface area contributed by atoms with Crippen LogP contribution in [0.25, 0.3) is 11.3 Å². The molecule has 0 fully saturated rings. The van der Waals surface area contributed by atoms with Crippen LogP contribution in [-0.2, 0) is 0 Å². The highest BCUT2D eigenvalue weighted by molar-refractivity contribution is 5.72. The van der Waals surface area contributed by atoms with Crippen molar-refractivity contribution in [3.63, 3.8) is 0 Å². The lowest BCUT2D eigenvalue weighted by atomic mass is 10.0. The lowest BCUT2D eigenvalue weighted by Crippen LogP contribution is -2.07. The fourth-order valence-corrected chi connectivity index (χ4v) is 2.20. The molecule has 0 amide bonds. The number of hydrogen-bond acceptors (Lipinski definition) is 3. The Kier molecular flexibility index (Phi) is 4.94. The Bertz CT molecular complexity index is 601. The first-order valence-corrected chi connectivity index (χ1v) is 7.72. The lowest BCUT2D eigenvalue weighted by Gasteiger charge is -2.13. The van der Waals surface area contributed by atoms with E-state index >= 15 is 0 Å². The van der Waals surface area contributed by atoms with Gasteiger partial charge in [-0.05, 0) is 31.7 Å². The van der Waals surface area contributed by atoms with Crippen molar-refractivity contribution in [2.45, 2.75) is 47.0 Å². The predicted molar refractivity (Wildman–Crippen MR) is 89.8 cm³/mol. The predicted octanol–water partition coefficient (Wildman–Crippen LogP) is 4.71. The van der Waals surface area contributed by atoms with Crippen molar-refractivity contribution < 1.29 is 0 Å². The second-order valence-electron chi connectivity index (χ2n) is 5.80. The standard InChI is InChI=1S/C18H25N3/c1-6-11-19-18-17(20-13(4)14(5)21-18)16-9-7-15(8-10-16)12(2)3/h7-10,12H,6,11H2,1-5H3,(H,19,21). The molecule has 3 heteroatoms. The van der Waals surface area contributed by atoms with E-state index in [1.807, 2.05) is 13.8 Å². The number of nitrogens with one attached hydrogen (secondary N) is 1. The molecule has 0 radical (unpaired) electrons. The van der Waals surface area contributed by atoms with Crippen LogP contribution in [-0.4, -0.2) is 16.5 Å². The van der Waals surface area contributed by atoms with Crippen LogP contribution in [0.3, 0.4) is 0 Å². The summed E-state index contributed by atoms with van der Waals surface area (Å²) in [5.74, 6) is 1.43. The highest BCUT2D eigenvalue weighted by atomic mass is 15.0. The maximum absolute atomic E-state index is 4.75. The van der Waals surface area contributed by atoms with E-state index in [0.717, 1.165) is 41.4 Å². The number of benzene rings is 1.